The molecule has 1 aromatic carbocycles. The number of amides is 2. The maximum Gasteiger partial charge on any atom is 0.262 e. The van der Waals surface area contributed by atoms with Gasteiger partial charge in [-0.05, 0) is 43.7 Å². The van der Waals surface area contributed by atoms with Crippen molar-refractivity contribution in [1.29, 1.82) is 0 Å². The lowest BCUT2D eigenvalue weighted by molar-refractivity contribution is -0.128. The molecule has 1 unspecified atom stereocenters. The molecule has 2 amide bonds. The number of carbonyl (C=O) groups is 2. The molecule has 1 aliphatic carbocycles. The van der Waals surface area contributed by atoms with Crippen LogP contribution in [0.2, 0.25) is 0 Å². The fourth-order valence-electron chi connectivity index (χ4n) is 3.88. The third-order valence-electron chi connectivity index (χ3n) is 5.60. The summed E-state index contributed by atoms with van der Waals surface area (Å²) in [6.45, 7) is 2.29. The third-order valence-corrected chi connectivity index (χ3v) is 6.80. The molecule has 3 aromatic rings. The Labute approximate surface area is 184 Å². The van der Waals surface area contributed by atoms with E-state index < -0.39 is 6.04 Å². The molecule has 8 heteroatoms. The van der Waals surface area contributed by atoms with Gasteiger partial charge in [-0.15, -0.1) is 11.3 Å². The van der Waals surface area contributed by atoms with Gasteiger partial charge in [0.25, 0.3) is 5.56 Å². The number of carbonyl (C=O) groups excluding carboxylic acids is 2. The molecule has 4 rings (SSSR count). The second-order valence-corrected chi connectivity index (χ2v) is 8.96. The first-order chi connectivity index (χ1) is 15.0. The highest BCUT2D eigenvalue weighted by Crippen LogP contribution is 2.33. The quantitative estimate of drug-likeness (QED) is 0.593. The number of hydrogen-bond donors (Lipinski definition) is 2. The molecular formula is C23H26N4O3S. The van der Waals surface area contributed by atoms with Crippen LogP contribution in [0.3, 0.4) is 0 Å². The molecule has 0 radical (unpaired) electrons. The van der Waals surface area contributed by atoms with Crippen molar-refractivity contribution in [2.45, 2.75) is 58.2 Å². The van der Waals surface area contributed by atoms with E-state index in [1.165, 1.54) is 15.8 Å². The van der Waals surface area contributed by atoms with Gasteiger partial charge in [-0.2, -0.15) is 0 Å². The van der Waals surface area contributed by atoms with Crippen LogP contribution in [0.1, 0.15) is 42.2 Å². The van der Waals surface area contributed by atoms with Crippen LogP contribution < -0.4 is 16.2 Å². The molecule has 2 N–H and O–H groups in total. The third kappa shape index (κ3) is 4.85. The van der Waals surface area contributed by atoms with Crippen molar-refractivity contribution in [3.05, 3.63) is 63.0 Å². The van der Waals surface area contributed by atoms with Crippen LogP contribution in [-0.4, -0.2) is 27.4 Å². The molecular weight excluding hydrogens is 412 g/mol. The number of hydrogen-bond acceptors (Lipinski definition) is 5. The van der Waals surface area contributed by atoms with E-state index >= 15 is 0 Å². The van der Waals surface area contributed by atoms with Gasteiger partial charge in [0, 0.05) is 24.4 Å². The Morgan fingerprint density at radius 3 is 2.77 bits per heavy atom. The minimum absolute atomic E-state index is 0.0779. The Kier molecular flexibility index (Phi) is 6.46. The van der Waals surface area contributed by atoms with E-state index in [1.807, 2.05) is 30.3 Å². The van der Waals surface area contributed by atoms with Gasteiger partial charge in [-0.1, -0.05) is 30.3 Å². The molecule has 1 atom stereocenters. The number of thiophene rings is 1. The first-order valence-corrected chi connectivity index (χ1v) is 11.5. The maximum absolute atomic E-state index is 13.0. The molecule has 0 fully saturated rings. The number of aromatic nitrogens is 2. The molecule has 7 nitrogen and oxygen atoms in total. The first-order valence-electron chi connectivity index (χ1n) is 10.6. The van der Waals surface area contributed by atoms with Gasteiger partial charge in [0.1, 0.15) is 10.9 Å². The Balaban J connectivity index is 1.33. The van der Waals surface area contributed by atoms with Gasteiger partial charge in [0.15, 0.2) is 0 Å². The van der Waals surface area contributed by atoms with E-state index in [1.54, 1.807) is 18.3 Å². The van der Waals surface area contributed by atoms with Crippen molar-refractivity contribution in [3.63, 3.8) is 0 Å². The van der Waals surface area contributed by atoms with Crippen molar-refractivity contribution >= 4 is 33.4 Å². The molecule has 0 saturated heterocycles. The van der Waals surface area contributed by atoms with E-state index in [2.05, 4.69) is 15.6 Å². The summed E-state index contributed by atoms with van der Waals surface area (Å²) in [5, 5.41) is 6.24. The SMILES string of the molecule is CC(NC(=O)CCn1cnc2sc3c(c2c1=O)CCCC3)C(=O)NCc1ccccc1. The molecule has 2 aromatic heterocycles. The van der Waals surface area contributed by atoms with Gasteiger partial charge in [-0.25, -0.2) is 4.98 Å². The zero-order valence-electron chi connectivity index (χ0n) is 17.5. The van der Waals surface area contributed by atoms with Crippen LogP contribution in [0.15, 0.2) is 41.5 Å². The van der Waals surface area contributed by atoms with Crippen LogP contribution in [-0.2, 0) is 35.5 Å². The Morgan fingerprint density at radius 1 is 1.19 bits per heavy atom. The zero-order chi connectivity index (χ0) is 21.8. The van der Waals surface area contributed by atoms with E-state index in [-0.39, 0.29) is 30.3 Å². The first kappa shape index (κ1) is 21.2. The highest BCUT2D eigenvalue weighted by molar-refractivity contribution is 7.18. The van der Waals surface area contributed by atoms with Gasteiger partial charge < -0.3 is 10.6 Å². The molecule has 0 saturated carbocycles. The van der Waals surface area contributed by atoms with Crippen molar-refractivity contribution in [3.8, 4) is 0 Å². The van der Waals surface area contributed by atoms with E-state index in [0.717, 1.165) is 47.0 Å². The number of benzene rings is 1. The van der Waals surface area contributed by atoms with Crippen LogP contribution in [0, 0.1) is 0 Å². The smallest absolute Gasteiger partial charge is 0.262 e. The summed E-state index contributed by atoms with van der Waals surface area (Å²) in [5.74, 6) is -0.524. The van der Waals surface area contributed by atoms with Gasteiger partial charge in [0.2, 0.25) is 11.8 Å². The van der Waals surface area contributed by atoms with Crippen molar-refractivity contribution < 1.29 is 9.59 Å². The highest BCUT2D eigenvalue weighted by Gasteiger charge is 2.20. The van der Waals surface area contributed by atoms with Crippen molar-refractivity contribution in [1.82, 2.24) is 20.2 Å². The van der Waals surface area contributed by atoms with Crippen LogP contribution in [0.25, 0.3) is 10.2 Å². The lowest BCUT2D eigenvalue weighted by Gasteiger charge is -2.14. The van der Waals surface area contributed by atoms with Gasteiger partial charge in [-0.3, -0.25) is 19.0 Å². The number of nitrogens with one attached hydrogen (secondary N) is 2. The van der Waals surface area contributed by atoms with Gasteiger partial charge in [0.05, 0.1) is 11.7 Å². The predicted octanol–water partition coefficient (Wildman–Crippen LogP) is 2.55. The van der Waals surface area contributed by atoms with Crippen LogP contribution in [0.4, 0.5) is 0 Å². The normalized spacial score (nSPS) is 14.1. The monoisotopic (exact) mass is 438 g/mol. The average Bonchev–Trinajstić information content (AvgIpc) is 3.17. The summed E-state index contributed by atoms with van der Waals surface area (Å²) in [5.41, 5.74) is 2.06. The molecule has 162 valence electrons. The molecule has 0 spiro atoms. The fourth-order valence-corrected chi connectivity index (χ4v) is 5.10. The average molecular weight is 439 g/mol. The maximum atomic E-state index is 13.0. The van der Waals surface area contributed by atoms with E-state index in [4.69, 9.17) is 0 Å². The standard InChI is InChI=1S/C23H26N4O3S/c1-15(21(29)24-13-16-7-3-2-4-8-16)26-19(28)11-12-27-14-25-22-20(23(27)30)17-9-5-6-10-18(17)31-22/h2-4,7-8,14-15H,5-6,9-13H2,1H3,(H,24,29)(H,26,28). The van der Waals surface area contributed by atoms with Gasteiger partial charge >= 0.3 is 0 Å². The number of aryl methyl sites for hydroxylation is 3. The summed E-state index contributed by atoms with van der Waals surface area (Å²) >= 11 is 1.61. The highest BCUT2D eigenvalue weighted by atomic mass is 32.1. The molecule has 31 heavy (non-hydrogen) atoms. The summed E-state index contributed by atoms with van der Waals surface area (Å²) in [6, 6.07) is 8.93. The summed E-state index contributed by atoms with van der Waals surface area (Å²) in [7, 11) is 0. The van der Waals surface area contributed by atoms with E-state index in [9.17, 15) is 14.4 Å². The molecule has 2 heterocycles. The van der Waals surface area contributed by atoms with Crippen molar-refractivity contribution in [2.24, 2.45) is 0 Å². The summed E-state index contributed by atoms with van der Waals surface area (Å²) in [6.07, 6.45) is 5.82. The predicted molar refractivity (Wildman–Crippen MR) is 121 cm³/mol. The number of fused-ring (bicyclic) bond motifs is 3. The Hall–Kier alpha value is -3.00. The lowest BCUT2D eigenvalue weighted by atomic mass is 9.97. The summed E-state index contributed by atoms with van der Waals surface area (Å²) in [4.78, 5) is 44.1. The number of rotatable bonds is 7. The minimum Gasteiger partial charge on any atom is -0.350 e. The Bertz CT molecular complexity index is 1150. The second-order valence-electron chi connectivity index (χ2n) is 7.88. The molecule has 0 aliphatic heterocycles. The number of nitrogens with zero attached hydrogens (tertiary/aromatic N) is 2. The topological polar surface area (TPSA) is 93.1 Å². The fraction of sp³-hybridized carbons (Fsp3) is 0.391. The van der Waals surface area contributed by atoms with E-state index in [0.29, 0.717) is 6.54 Å². The van der Waals surface area contributed by atoms with Crippen LogP contribution in [0.5, 0.6) is 0 Å². The molecule has 1 aliphatic rings. The molecule has 0 bridgehead atoms. The Morgan fingerprint density at radius 2 is 1.97 bits per heavy atom. The zero-order valence-corrected chi connectivity index (χ0v) is 18.3. The minimum atomic E-state index is -0.655. The lowest BCUT2D eigenvalue weighted by Crippen LogP contribution is -2.44. The van der Waals surface area contributed by atoms with Crippen LogP contribution >= 0.6 is 11.3 Å². The largest absolute Gasteiger partial charge is 0.350 e. The summed E-state index contributed by atoms with van der Waals surface area (Å²) < 4.78 is 1.50. The van der Waals surface area contributed by atoms with Crippen molar-refractivity contribution in [2.75, 3.05) is 0 Å². The second kappa shape index (κ2) is 9.43.